The van der Waals surface area contributed by atoms with E-state index in [-0.39, 0.29) is 0 Å². The van der Waals surface area contributed by atoms with Crippen LogP contribution in [0.15, 0.2) is 24.3 Å². The van der Waals surface area contributed by atoms with Crippen LogP contribution >= 0.6 is 15.9 Å². The van der Waals surface area contributed by atoms with Crippen LogP contribution in [0.4, 0.5) is 0 Å². The van der Waals surface area contributed by atoms with E-state index < -0.39 is 0 Å². The van der Waals surface area contributed by atoms with E-state index in [0.29, 0.717) is 4.83 Å². The number of rotatable bonds is 3. The Balaban J connectivity index is 2.07. The van der Waals surface area contributed by atoms with Crippen molar-refractivity contribution in [1.29, 1.82) is 0 Å². The van der Waals surface area contributed by atoms with Crippen LogP contribution in [0.25, 0.3) is 0 Å². The van der Waals surface area contributed by atoms with Gasteiger partial charge in [0.15, 0.2) is 0 Å². The van der Waals surface area contributed by atoms with Gasteiger partial charge in [-0.2, -0.15) is 0 Å². The Kier molecular flexibility index (Phi) is 3.27. The topological polar surface area (TPSA) is 0 Å². The lowest BCUT2D eigenvalue weighted by atomic mass is 9.81. The summed E-state index contributed by atoms with van der Waals surface area (Å²) in [6.45, 7) is 2.20. The van der Waals surface area contributed by atoms with Gasteiger partial charge in [-0.1, -0.05) is 53.5 Å². The lowest BCUT2D eigenvalue weighted by molar-refractivity contribution is 0.312. The molecule has 0 saturated heterocycles. The van der Waals surface area contributed by atoms with Gasteiger partial charge in [0.05, 0.1) is 0 Å². The zero-order chi connectivity index (χ0) is 9.97. The van der Waals surface area contributed by atoms with Gasteiger partial charge in [-0.25, -0.2) is 0 Å². The molecule has 1 unspecified atom stereocenters. The molecule has 1 aliphatic rings. The van der Waals surface area contributed by atoms with Crippen molar-refractivity contribution in [1.82, 2.24) is 0 Å². The van der Waals surface area contributed by atoms with Gasteiger partial charge in [0.1, 0.15) is 0 Å². The fourth-order valence-corrected chi connectivity index (χ4v) is 2.78. The third-order valence-electron chi connectivity index (χ3n) is 3.27. The van der Waals surface area contributed by atoms with E-state index >= 15 is 0 Å². The highest BCUT2D eigenvalue weighted by Gasteiger charge is 2.26. The number of alkyl halides is 1. The zero-order valence-corrected chi connectivity index (χ0v) is 10.3. The number of halogens is 1. The first-order valence-electron chi connectivity index (χ1n) is 5.54. The van der Waals surface area contributed by atoms with Crippen LogP contribution in [0.2, 0.25) is 0 Å². The molecule has 14 heavy (non-hydrogen) atoms. The summed E-state index contributed by atoms with van der Waals surface area (Å²) >= 11 is 3.81. The molecule has 1 aliphatic carbocycles. The largest absolute Gasteiger partial charge is 0.0836 e. The van der Waals surface area contributed by atoms with Gasteiger partial charge in [0.2, 0.25) is 0 Å². The van der Waals surface area contributed by atoms with Crippen LogP contribution in [-0.2, 0) is 6.42 Å². The minimum atomic E-state index is 0.585. The summed E-state index contributed by atoms with van der Waals surface area (Å²) in [5.74, 6) is 0.877. The molecule has 0 amide bonds. The third-order valence-corrected chi connectivity index (χ3v) is 4.55. The fraction of sp³-hybridized carbons (Fsp3) is 0.538. The Hall–Kier alpha value is -0.300. The third kappa shape index (κ3) is 2.03. The fourth-order valence-electron chi connectivity index (χ4n) is 1.94. The van der Waals surface area contributed by atoms with Crippen LogP contribution in [0.5, 0.6) is 0 Å². The smallest absolute Gasteiger partial charge is 0.0423 e. The molecule has 0 nitrogen and oxygen atoms in total. The van der Waals surface area contributed by atoms with Gasteiger partial charge >= 0.3 is 0 Å². The maximum atomic E-state index is 3.81. The number of benzene rings is 1. The Morgan fingerprint density at radius 3 is 2.36 bits per heavy atom. The Labute approximate surface area is 94.8 Å². The summed E-state index contributed by atoms with van der Waals surface area (Å²) in [7, 11) is 0. The Morgan fingerprint density at radius 1 is 1.29 bits per heavy atom. The molecule has 0 radical (unpaired) electrons. The van der Waals surface area contributed by atoms with Crippen molar-refractivity contribution in [2.24, 2.45) is 5.92 Å². The molecule has 76 valence electrons. The molecule has 0 spiro atoms. The van der Waals surface area contributed by atoms with Crippen LogP contribution < -0.4 is 0 Å². The molecule has 1 aromatic rings. The second-order valence-corrected chi connectivity index (χ2v) is 5.17. The minimum absolute atomic E-state index is 0.585. The lowest BCUT2D eigenvalue weighted by Crippen LogP contribution is -2.16. The standard InChI is InChI=1S/C13H17Br/c1-2-10-6-8-12(9-7-10)13(14)11-4-3-5-11/h6-9,11,13H,2-5H2,1H3. The van der Waals surface area contributed by atoms with Gasteiger partial charge in [0.25, 0.3) is 0 Å². The summed E-state index contributed by atoms with van der Waals surface area (Å²) in [6.07, 6.45) is 5.34. The van der Waals surface area contributed by atoms with Crippen molar-refractivity contribution in [3.63, 3.8) is 0 Å². The molecule has 1 aromatic carbocycles. The maximum absolute atomic E-state index is 3.81. The van der Waals surface area contributed by atoms with Crippen molar-refractivity contribution in [2.45, 2.75) is 37.4 Å². The molecule has 0 aliphatic heterocycles. The molecule has 1 fully saturated rings. The first-order chi connectivity index (χ1) is 6.81. The normalized spacial score (nSPS) is 19.0. The van der Waals surface area contributed by atoms with Crippen molar-refractivity contribution in [3.8, 4) is 0 Å². The van der Waals surface area contributed by atoms with E-state index in [0.717, 1.165) is 12.3 Å². The second-order valence-electron chi connectivity index (χ2n) is 4.19. The maximum Gasteiger partial charge on any atom is 0.0423 e. The predicted molar refractivity (Wildman–Crippen MR) is 64.8 cm³/mol. The minimum Gasteiger partial charge on any atom is -0.0836 e. The average molecular weight is 253 g/mol. The average Bonchev–Trinajstić information content (AvgIpc) is 2.15. The molecule has 0 N–H and O–H groups in total. The van der Waals surface area contributed by atoms with Gasteiger partial charge < -0.3 is 0 Å². The molecule has 0 aromatic heterocycles. The lowest BCUT2D eigenvalue weighted by Gasteiger charge is -2.30. The van der Waals surface area contributed by atoms with Crippen molar-refractivity contribution >= 4 is 15.9 Å². The van der Waals surface area contributed by atoms with E-state index in [1.165, 1.54) is 30.4 Å². The van der Waals surface area contributed by atoms with Crippen LogP contribution in [-0.4, -0.2) is 0 Å². The molecular formula is C13H17Br. The summed E-state index contributed by atoms with van der Waals surface area (Å²) in [4.78, 5) is 0.585. The van der Waals surface area contributed by atoms with E-state index in [2.05, 4.69) is 47.1 Å². The SMILES string of the molecule is CCc1ccc(C(Br)C2CCC2)cc1. The molecular weight excluding hydrogens is 236 g/mol. The Bertz CT molecular complexity index is 285. The summed E-state index contributed by atoms with van der Waals surface area (Å²) < 4.78 is 0. The van der Waals surface area contributed by atoms with E-state index in [1.54, 1.807) is 0 Å². The van der Waals surface area contributed by atoms with Gasteiger partial charge in [0, 0.05) is 4.83 Å². The van der Waals surface area contributed by atoms with E-state index in [4.69, 9.17) is 0 Å². The van der Waals surface area contributed by atoms with Crippen molar-refractivity contribution < 1.29 is 0 Å². The second kappa shape index (κ2) is 4.48. The summed E-state index contributed by atoms with van der Waals surface area (Å²) in [5.41, 5.74) is 2.88. The predicted octanol–water partition coefficient (Wildman–Crippen LogP) is 4.49. The van der Waals surface area contributed by atoms with E-state index in [9.17, 15) is 0 Å². The molecule has 1 heteroatoms. The highest BCUT2D eigenvalue weighted by molar-refractivity contribution is 9.09. The first kappa shape index (κ1) is 10.2. The van der Waals surface area contributed by atoms with Crippen molar-refractivity contribution in [3.05, 3.63) is 35.4 Å². The summed E-state index contributed by atoms with van der Waals surface area (Å²) in [6, 6.07) is 9.05. The van der Waals surface area contributed by atoms with Gasteiger partial charge in [-0.15, -0.1) is 0 Å². The monoisotopic (exact) mass is 252 g/mol. The van der Waals surface area contributed by atoms with Gasteiger partial charge in [-0.05, 0) is 36.3 Å². The number of hydrogen-bond acceptors (Lipinski definition) is 0. The van der Waals surface area contributed by atoms with Crippen LogP contribution in [0.3, 0.4) is 0 Å². The first-order valence-corrected chi connectivity index (χ1v) is 6.45. The zero-order valence-electron chi connectivity index (χ0n) is 8.67. The molecule has 2 rings (SSSR count). The highest BCUT2D eigenvalue weighted by atomic mass is 79.9. The van der Waals surface area contributed by atoms with Crippen molar-refractivity contribution in [2.75, 3.05) is 0 Å². The number of hydrogen-bond donors (Lipinski definition) is 0. The Morgan fingerprint density at radius 2 is 1.93 bits per heavy atom. The van der Waals surface area contributed by atoms with Crippen LogP contribution in [0, 0.1) is 5.92 Å². The molecule has 1 saturated carbocycles. The highest BCUT2D eigenvalue weighted by Crippen LogP contribution is 2.42. The molecule has 0 bridgehead atoms. The molecule has 0 heterocycles. The molecule has 1 atom stereocenters. The van der Waals surface area contributed by atoms with Gasteiger partial charge in [-0.3, -0.25) is 0 Å². The quantitative estimate of drug-likeness (QED) is 0.696. The van der Waals surface area contributed by atoms with E-state index in [1.807, 2.05) is 0 Å². The number of aryl methyl sites for hydroxylation is 1. The summed E-state index contributed by atoms with van der Waals surface area (Å²) in [5, 5.41) is 0. The van der Waals surface area contributed by atoms with Crippen LogP contribution in [0.1, 0.15) is 42.1 Å².